The van der Waals surface area contributed by atoms with Gasteiger partial charge in [-0.05, 0) is 36.4 Å². The van der Waals surface area contributed by atoms with Gasteiger partial charge in [0.15, 0.2) is 9.84 Å². The predicted molar refractivity (Wildman–Crippen MR) is 121 cm³/mol. The Morgan fingerprint density at radius 1 is 1.03 bits per heavy atom. The van der Waals surface area contributed by atoms with E-state index in [0.29, 0.717) is 5.56 Å². The zero-order chi connectivity index (χ0) is 22.9. The van der Waals surface area contributed by atoms with Crippen LogP contribution in [0.15, 0.2) is 77.7 Å². The Morgan fingerprint density at radius 3 is 2.50 bits per heavy atom. The molecule has 3 aromatic carbocycles. The van der Waals surface area contributed by atoms with E-state index in [9.17, 15) is 22.7 Å². The first-order valence-corrected chi connectivity index (χ1v) is 11.6. The number of phenolic OH excluding ortho intramolecular Hbond substituents is 1. The number of rotatable bonds is 6. The average Bonchev–Trinajstić information content (AvgIpc) is 3.15. The molecule has 0 atom stereocenters. The fraction of sp³-hybridized carbons (Fsp3) is 0.125. The third-order valence-corrected chi connectivity index (χ3v) is 7.02. The van der Waals surface area contributed by atoms with Gasteiger partial charge in [0.2, 0.25) is 0 Å². The van der Waals surface area contributed by atoms with Crippen molar-refractivity contribution < 1.29 is 22.7 Å². The fourth-order valence-electron chi connectivity index (χ4n) is 3.53. The van der Waals surface area contributed by atoms with E-state index in [4.69, 9.17) is 0 Å². The van der Waals surface area contributed by atoms with E-state index in [1.54, 1.807) is 28.8 Å². The molecule has 1 amide bonds. The van der Waals surface area contributed by atoms with Gasteiger partial charge in [-0.25, -0.2) is 12.8 Å². The molecule has 0 bridgehead atoms. The van der Waals surface area contributed by atoms with Crippen LogP contribution in [0.2, 0.25) is 0 Å². The molecule has 0 spiro atoms. The number of sulfone groups is 1. The van der Waals surface area contributed by atoms with E-state index in [0.717, 1.165) is 10.9 Å². The van der Waals surface area contributed by atoms with Crippen LogP contribution in [0.5, 0.6) is 5.75 Å². The molecule has 0 radical (unpaired) electrons. The summed E-state index contributed by atoms with van der Waals surface area (Å²) >= 11 is 0. The molecule has 1 aromatic heterocycles. The van der Waals surface area contributed by atoms with E-state index in [1.165, 1.54) is 31.2 Å². The fourth-order valence-corrected chi connectivity index (χ4v) is 4.43. The maximum absolute atomic E-state index is 14.3. The topological polar surface area (TPSA) is 88.4 Å². The summed E-state index contributed by atoms with van der Waals surface area (Å²) in [4.78, 5) is 13.2. The molecule has 0 unspecified atom stereocenters. The van der Waals surface area contributed by atoms with E-state index in [-0.39, 0.29) is 40.1 Å². The van der Waals surface area contributed by atoms with Crippen molar-refractivity contribution in [1.82, 2.24) is 4.57 Å². The third-order valence-electron chi connectivity index (χ3n) is 5.28. The number of carbonyl (C=O) groups excluding carboxylic acids is 1. The predicted octanol–water partition coefficient (Wildman–Crippen LogP) is 4.58. The van der Waals surface area contributed by atoms with Crippen LogP contribution >= 0.6 is 0 Å². The quantitative estimate of drug-likeness (QED) is 0.419. The van der Waals surface area contributed by atoms with E-state index < -0.39 is 15.7 Å². The van der Waals surface area contributed by atoms with Crippen molar-refractivity contribution in [2.75, 3.05) is 11.1 Å². The number of nitrogens with one attached hydrogen (secondary N) is 1. The van der Waals surface area contributed by atoms with Crippen LogP contribution in [0.3, 0.4) is 0 Å². The number of aromatic hydroxyl groups is 1. The monoisotopic (exact) mass is 452 g/mol. The summed E-state index contributed by atoms with van der Waals surface area (Å²) in [5, 5.41) is 13.6. The van der Waals surface area contributed by atoms with Gasteiger partial charge in [0, 0.05) is 16.5 Å². The molecule has 0 aliphatic carbocycles. The molecule has 164 valence electrons. The third kappa shape index (κ3) is 4.09. The molecule has 4 rings (SSSR count). The van der Waals surface area contributed by atoms with Crippen molar-refractivity contribution in [2.24, 2.45) is 0 Å². The number of fused-ring (bicyclic) bond motifs is 1. The van der Waals surface area contributed by atoms with Crippen LogP contribution in [0.25, 0.3) is 10.9 Å². The van der Waals surface area contributed by atoms with Gasteiger partial charge in [0.25, 0.3) is 5.91 Å². The molecule has 32 heavy (non-hydrogen) atoms. The highest BCUT2D eigenvalue weighted by Crippen LogP contribution is 2.29. The summed E-state index contributed by atoms with van der Waals surface area (Å²) in [6.45, 7) is 1.64. The lowest BCUT2D eigenvalue weighted by atomic mass is 10.2. The van der Waals surface area contributed by atoms with Crippen LogP contribution in [0.4, 0.5) is 10.1 Å². The van der Waals surface area contributed by atoms with Crippen molar-refractivity contribution in [3.63, 3.8) is 0 Å². The highest BCUT2D eigenvalue weighted by atomic mass is 32.2. The van der Waals surface area contributed by atoms with Gasteiger partial charge in [-0.2, -0.15) is 0 Å². The number of benzene rings is 3. The average molecular weight is 453 g/mol. The minimum Gasteiger partial charge on any atom is -0.506 e. The minimum absolute atomic E-state index is 0.000000365. The molecule has 0 fully saturated rings. The molecule has 6 nitrogen and oxygen atoms in total. The Kier molecular flexibility index (Phi) is 5.71. The summed E-state index contributed by atoms with van der Waals surface area (Å²) in [6, 6.07) is 19.1. The molecule has 0 aliphatic heterocycles. The first kappa shape index (κ1) is 21.6. The molecule has 2 N–H and O–H groups in total. The standard InChI is InChI=1S/C24H21FN2O4S/c1-2-32(30,31)18-11-12-23(28)20(14-18)26-24(29)22-13-16-7-4-6-10-21(16)27(22)15-17-8-3-5-9-19(17)25/h3-14,28H,2,15H2,1H3,(H,26,29). The normalized spacial score (nSPS) is 11.6. The Morgan fingerprint density at radius 2 is 1.75 bits per heavy atom. The molecular formula is C24H21FN2O4S. The summed E-state index contributed by atoms with van der Waals surface area (Å²) in [7, 11) is -3.52. The van der Waals surface area contributed by atoms with Crippen molar-refractivity contribution in [3.8, 4) is 5.75 Å². The van der Waals surface area contributed by atoms with Crippen molar-refractivity contribution in [3.05, 3.63) is 89.9 Å². The Balaban J connectivity index is 1.75. The van der Waals surface area contributed by atoms with E-state index in [2.05, 4.69) is 5.32 Å². The summed E-state index contributed by atoms with van der Waals surface area (Å²) < 4.78 is 40.4. The number of hydrogen-bond donors (Lipinski definition) is 2. The first-order valence-electron chi connectivity index (χ1n) is 9.99. The second kappa shape index (κ2) is 8.47. The SMILES string of the molecule is CCS(=O)(=O)c1ccc(O)c(NC(=O)c2cc3ccccc3n2Cc2ccccc2F)c1. The van der Waals surface area contributed by atoms with Gasteiger partial charge in [-0.15, -0.1) is 0 Å². The second-order valence-electron chi connectivity index (χ2n) is 7.30. The summed E-state index contributed by atoms with van der Waals surface area (Å²) in [5.41, 5.74) is 1.39. The Labute approximate surface area is 184 Å². The van der Waals surface area contributed by atoms with Gasteiger partial charge in [0.05, 0.1) is 22.9 Å². The molecule has 0 saturated heterocycles. The number of hydrogen-bond acceptors (Lipinski definition) is 4. The van der Waals surface area contributed by atoms with Gasteiger partial charge >= 0.3 is 0 Å². The number of anilines is 1. The highest BCUT2D eigenvalue weighted by molar-refractivity contribution is 7.91. The second-order valence-corrected chi connectivity index (χ2v) is 9.58. The molecule has 0 saturated carbocycles. The van der Waals surface area contributed by atoms with Crippen molar-refractivity contribution in [2.45, 2.75) is 18.4 Å². The van der Waals surface area contributed by atoms with Crippen LogP contribution < -0.4 is 5.32 Å². The highest BCUT2D eigenvalue weighted by Gasteiger charge is 2.20. The van der Waals surface area contributed by atoms with Gasteiger partial charge in [-0.3, -0.25) is 4.79 Å². The number of carbonyl (C=O) groups is 1. The number of nitrogens with zero attached hydrogens (tertiary/aromatic N) is 1. The molecule has 4 aromatic rings. The van der Waals surface area contributed by atoms with Gasteiger partial charge < -0.3 is 15.0 Å². The van der Waals surface area contributed by atoms with Crippen LogP contribution in [-0.4, -0.2) is 29.8 Å². The Hall–Kier alpha value is -3.65. The van der Waals surface area contributed by atoms with Crippen LogP contribution in [-0.2, 0) is 16.4 Å². The molecular weight excluding hydrogens is 431 g/mol. The number of aromatic nitrogens is 1. The minimum atomic E-state index is -3.52. The lowest BCUT2D eigenvalue weighted by Crippen LogP contribution is -2.18. The number of amides is 1. The van der Waals surface area contributed by atoms with E-state index in [1.807, 2.05) is 24.3 Å². The van der Waals surface area contributed by atoms with E-state index >= 15 is 0 Å². The van der Waals surface area contributed by atoms with Crippen molar-refractivity contribution in [1.29, 1.82) is 0 Å². The maximum atomic E-state index is 14.3. The lowest BCUT2D eigenvalue weighted by Gasteiger charge is -2.13. The largest absolute Gasteiger partial charge is 0.506 e. The summed E-state index contributed by atoms with van der Waals surface area (Å²) in [5.74, 6) is -1.31. The van der Waals surface area contributed by atoms with Gasteiger partial charge in [-0.1, -0.05) is 43.3 Å². The number of para-hydroxylation sites is 1. The Bertz CT molecular complexity index is 1430. The summed E-state index contributed by atoms with van der Waals surface area (Å²) in [6.07, 6.45) is 0. The smallest absolute Gasteiger partial charge is 0.272 e. The molecule has 1 heterocycles. The van der Waals surface area contributed by atoms with Crippen molar-refractivity contribution >= 4 is 32.3 Å². The molecule has 8 heteroatoms. The zero-order valence-electron chi connectivity index (χ0n) is 17.2. The van der Waals surface area contributed by atoms with Crippen LogP contribution in [0, 0.1) is 5.82 Å². The molecule has 0 aliphatic rings. The maximum Gasteiger partial charge on any atom is 0.272 e. The lowest BCUT2D eigenvalue weighted by molar-refractivity contribution is 0.101. The number of phenols is 1. The first-order chi connectivity index (χ1) is 15.3. The number of halogens is 1. The van der Waals surface area contributed by atoms with Gasteiger partial charge in [0.1, 0.15) is 17.3 Å². The zero-order valence-corrected chi connectivity index (χ0v) is 18.1. The van der Waals surface area contributed by atoms with Crippen LogP contribution in [0.1, 0.15) is 23.0 Å².